The molecule has 1 aliphatic rings. The molecule has 2 N–H and O–H groups in total. The lowest BCUT2D eigenvalue weighted by molar-refractivity contribution is 0.171. The van der Waals surface area contributed by atoms with Crippen LogP contribution < -0.4 is 15.2 Å². The number of nitrogens with zero attached hydrogens (tertiary/aromatic N) is 2. The highest BCUT2D eigenvalue weighted by Crippen LogP contribution is 2.33. The van der Waals surface area contributed by atoms with E-state index >= 15 is 0 Å². The van der Waals surface area contributed by atoms with Crippen LogP contribution in [0, 0.1) is 6.92 Å². The molecule has 0 saturated heterocycles. The van der Waals surface area contributed by atoms with Crippen molar-refractivity contribution in [2.24, 2.45) is 5.73 Å². The zero-order chi connectivity index (χ0) is 12.5. The minimum Gasteiger partial charge on any atom is -0.486 e. The first-order chi connectivity index (χ1) is 8.74. The normalized spacial score (nSPS) is 15.4. The number of fused-ring (bicyclic) bond motifs is 1. The number of ether oxygens (including phenoxy) is 2. The van der Waals surface area contributed by atoms with Gasteiger partial charge in [-0.1, -0.05) is 11.2 Å². The summed E-state index contributed by atoms with van der Waals surface area (Å²) in [7, 11) is 0. The monoisotopic (exact) mass is 247 g/mol. The first kappa shape index (κ1) is 11.0. The van der Waals surface area contributed by atoms with E-state index in [1.165, 1.54) is 0 Å². The van der Waals surface area contributed by atoms with Gasteiger partial charge in [0.15, 0.2) is 17.3 Å². The fourth-order valence-corrected chi connectivity index (χ4v) is 1.84. The second kappa shape index (κ2) is 4.30. The molecule has 0 saturated carbocycles. The highest BCUT2D eigenvalue weighted by molar-refractivity contribution is 5.45. The third-order valence-electron chi connectivity index (χ3n) is 2.75. The molecule has 94 valence electrons. The molecule has 0 amide bonds. The number of aromatic nitrogens is 2. The van der Waals surface area contributed by atoms with E-state index in [-0.39, 0.29) is 0 Å². The van der Waals surface area contributed by atoms with Gasteiger partial charge in [0, 0.05) is 6.92 Å². The number of nitrogens with two attached hydrogens (primary N) is 1. The fourth-order valence-electron chi connectivity index (χ4n) is 1.84. The van der Waals surface area contributed by atoms with Crippen LogP contribution >= 0.6 is 0 Å². The van der Waals surface area contributed by atoms with Gasteiger partial charge in [0.25, 0.3) is 0 Å². The zero-order valence-corrected chi connectivity index (χ0v) is 9.92. The number of hydrogen-bond donors (Lipinski definition) is 1. The number of benzene rings is 1. The quantitative estimate of drug-likeness (QED) is 0.858. The fraction of sp³-hybridized carbons (Fsp3) is 0.333. The maximum absolute atomic E-state index is 6.08. The Balaban J connectivity index is 1.92. The summed E-state index contributed by atoms with van der Waals surface area (Å²) >= 11 is 0. The van der Waals surface area contributed by atoms with E-state index < -0.39 is 6.04 Å². The Kier molecular flexibility index (Phi) is 2.64. The number of rotatable bonds is 2. The molecule has 2 aromatic rings. The molecule has 0 aliphatic carbocycles. The largest absolute Gasteiger partial charge is 0.486 e. The molecular weight excluding hydrogens is 234 g/mol. The second-order valence-electron chi connectivity index (χ2n) is 4.05. The van der Waals surface area contributed by atoms with Gasteiger partial charge in [-0.25, -0.2) is 0 Å². The Morgan fingerprint density at radius 3 is 2.72 bits per heavy atom. The Hall–Kier alpha value is -2.08. The van der Waals surface area contributed by atoms with Crippen molar-refractivity contribution in [3.05, 3.63) is 35.5 Å². The first-order valence-electron chi connectivity index (χ1n) is 5.69. The maximum atomic E-state index is 6.08. The molecule has 6 heteroatoms. The molecule has 0 radical (unpaired) electrons. The molecule has 1 aliphatic heterocycles. The summed E-state index contributed by atoms with van der Waals surface area (Å²) in [4.78, 5) is 4.12. The van der Waals surface area contributed by atoms with E-state index in [1.54, 1.807) is 6.92 Å². The second-order valence-corrected chi connectivity index (χ2v) is 4.05. The van der Waals surface area contributed by atoms with Crippen LogP contribution in [0.4, 0.5) is 0 Å². The van der Waals surface area contributed by atoms with Crippen molar-refractivity contribution in [3.63, 3.8) is 0 Å². The summed E-state index contributed by atoms with van der Waals surface area (Å²) in [6, 6.07) is 5.14. The zero-order valence-electron chi connectivity index (χ0n) is 9.92. The molecule has 0 bridgehead atoms. The molecule has 18 heavy (non-hydrogen) atoms. The van der Waals surface area contributed by atoms with Crippen LogP contribution in [0.15, 0.2) is 22.7 Å². The summed E-state index contributed by atoms with van der Waals surface area (Å²) in [5.74, 6) is 2.40. The van der Waals surface area contributed by atoms with Gasteiger partial charge in [-0.3, -0.25) is 0 Å². The minimum atomic E-state index is -0.432. The van der Waals surface area contributed by atoms with Crippen molar-refractivity contribution < 1.29 is 14.0 Å². The highest BCUT2D eigenvalue weighted by Gasteiger charge is 2.18. The van der Waals surface area contributed by atoms with E-state index in [0.29, 0.717) is 30.7 Å². The Bertz CT molecular complexity index is 567. The van der Waals surface area contributed by atoms with Crippen LogP contribution in [0.1, 0.15) is 23.3 Å². The molecular formula is C12H13N3O3. The van der Waals surface area contributed by atoms with Gasteiger partial charge in [0.1, 0.15) is 13.2 Å². The molecule has 1 unspecified atom stereocenters. The van der Waals surface area contributed by atoms with Crippen molar-refractivity contribution in [2.45, 2.75) is 13.0 Å². The lowest BCUT2D eigenvalue weighted by atomic mass is 10.1. The summed E-state index contributed by atoms with van der Waals surface area (Å²) in [5.41, 5.74) is 6.94. The smallest absolute Gasteiger partial charge is 0.223 e. The van der Waals surface area contributed by atoms with Crippen LogP contribution in [-0.4, -0.2) is 23.4 Å². The highest BCUT2D eigenvalue weighted by atomic mass is 16.6. The van der Waals surface area contributed by atoms with Crippen molar-refractivity contribution in [2.75, 3.05) is 13.2 Å². The minimum absolute atomic E-state index is 0.432. The van der Waals surface area contributed by atoms with Crippen LogP contribution in [0.2, 0.25) is 0 Å². The molecule has 0 spiro atoms. The van der Waals surface area contributed by atoms with Gasteiger partial charge in [-0.05, 0) is 17.7 Å². The lowest BCUT2D eigenvalue weighted by Crippen LogP contribution is -2.17. The van der Waals surface area contributed by atoms with Crippen LogP contribution in [-0.2, 0) is 0 Å². The first-order valence-corrected chi connectivity index (χ1v) is 5.69. The Labute approximate surface area is 104 Å². The molecule has 1 aromatic carbocycles. The topological polar surface area (TPSA) is 83.4 Å². The maximum Gasteiger partial charge on any atom is 0.223 e. The Morgan fingerprint density at radius 2 is 2.00 bits per heavy atom. The van der Waals surface area contributed by atoms with E-state index in [1.807, 2.05) is 18.2 Å². The number of aryl methyl sites for hydroxylation is 1. The van der Waals surface area contributed by atoms with Gasteiger partial charge in [-0.2, -0.15) is 4.98 Å². The molecule has 2 heterocycles. The summed E-state index contributed by atoms with van der Waals surface area (Å²) in [5, 5.41) is 3.82. The molecule has 0 fully saturated rings. The van der Waals surface area contributed by atoms with Crippen molar-refractivity contribution in [1.29, 1.82) is 0 Å². The Morgan fingerprint density at radius 1 is 1.22 bits per heavy atom. The SMILES string of the molecule is Cc1nc(C(N)c2ccc3c(c2)OCCO3)no1. The van der Waals surface area contributed by atoms with E-state index in [9.17, 15) is 0 Å². The molecule has 3 rings (SSSR count). The van der Waals surface area contributed by atoms with Gasteiger partial charge in [0.05, 0.1) is 6.04 Å². The van der Waals surface area contributed by atoms with Gasteiger partial charge in [-0.15, -0.1) is 0 Å². The molecule has 1 atom stereocenters. The standard InChI is InChI=1S/C12H13N3O3/c1-7-14-12(15-18-7)11(13)8-2-3-9-10(6-8)17-5-4-16-9/h2-3,6,11H,4-5,13H2,1H3. The van der Waals surface area contributed by atoms with E-state index in [2.05, 4.69) is 10.1 Å². The third-order valence-corrected chi connectivity index (χ3v) is 2.75. The predicted molar refractivity (Wildman–Crippen MR) is 62.5 cm³/mol. The van der Waals surface area contributed by atoms with Crippen molar-refractivity contribution in [3.8, 4) is 11.5 Å². The molecule has 1 aromatic heterocycles. The third kappa shape index (κ3) is 1.91. The molecule has 6 nitrogen and oxygen atoms in total. The number of hydrogen-bond acceptors (Lipinski definition) is 6. The van der Waals surface area contributed by atoms with Crippen LogP contribution in [0.3, 0.4) is 0 Å². The summed E-state index contributed by atoms with van der Waals surface area (Å²) < 4.78 is 15.9. The van der Waals surface area contributed by atoms with Crippen LogP contribution in [0.5, 0.6) is 11.5 Å². The lowest BCUT2D eigenvalue weighted by Gasteiger charge is -2.19. The van der Waals surface area contributed by atoms with Gasteiger partial charge < -0.3 is 19.7 Å². The van der Waals surface area contributed by atoms with Crippen molar-refractivity contribution >= 4 is 0 Å². The van der Waals surface area contributed by atoms with Crippen molar-refractivity contribution in [1.82, 2.24) is 10.1 Å². The average molecular weight is 247 g/mol. The van der Waals surface area contributed by atoms with Gasteiger partial charge in [0.2, 0.25) is 5.89 Å². The summed E-state index contributed by atoms with van der Waals surface area (Å²) in [6.45, 7) is 2.85. The average Bonchev–Trinajstić information content (AvgIpc) is 2.84. The van der Waals surface area contributed by atoms with Gasteiger partial charge >= 0.3 is 0 Å². The van der Waals surface area contributed by atoms with E-state index in [4.69, 9.17) is 19.7 Å². The summed E-state index contributed by atoms with van der Waals surface area (Å²) in [6.07, 6.45) is 0. The van der Waals surface area contributed by atoms with E-state index in [0.717, 1.165) is 11.3 Å². The van der Waals surface area contributed by atoms with Crippen LogP contribution in [0.25, 0.3) is 0 Å². The predicted octanol–water partition coefficient (Wildman–Crippen LogP) is 1.20.